The fourth-order valence-corrected chi connectivity index (χ4v) is 3.50. The van der Waals surface area contributed by atoms with E-state index in [0.29, 0.717) is 17.2 Å². The largest absolute Gasteiger partial charge is 0.485 e. The van der Waals surface area contributed by atoms with Gasteiger partial charge in [0.1, 0.15) is 11.9 Å². The van der Waals surface area contributed by atoms with Gasteiger partial charge < -0.3 is 9.84 Å². The summed E-state index contributed by atoms with van der Waals surface area (Å²) in [7, 11) is 0. The number of hydrogen-bond acceptors (Lipinski definition) is 2. The van der Waals surface area contributed by atoms with Gasteiger partial charge in [0.05, 0.1) is 6.10 Å². The number of ether oxygens (including phenoxy) is 1. The summed E-state index contributed by atoms with van der Waals surface area (Å²) in [5.74, 6) is 0.696. The van der Waals surface area contributed by atoms with Gasteiger partial charge in [0.15, 0.2) is 0 Å². The van der Waals surface area contributed by atoms with Crippen molar-refractivity contribution >= 4 is 43.5 Å². The van der Waals surface area contributed by atoms with Crippen molar-refractivity contribution in [3.63, 3.8) is 0 Å². The maximum absolute atomic E-state index is 10.3. The van der Waals surface area contributed by atoms with Crippen molar-refractivity contribution in [1.29, 1.82) is 0 Å². The van der Waals surface area contributed by atoms with Crippen molar-refractivity contribution in [3.8, 4) is 5.75 Å². The number of halogens is 3. The zero-order chi connectivity index (χ0) is 14.3. The number of aliphatic hydroxyl groups is 1. The SMILES string of the molecule is O[C@@H]1CC(c2ccc(Br)cc2Cl)Oc2cc(Br)ccc21. The van der Waals surface area contributed by atoms with Crippen molar-refractivity contribution in [2.24, 2.45) is 0 Å². The minimum Gasteiger partial charge on any atom is -0.485 e. The highest BCUT2D eigenvalue weighted by molar-refractivity contribution is 9.10. The van der Waals surface area contributed by atoms with E-state index in [1.807, 2.05) is 36.4 Å². The van der Waals surface area contributed by atoms with Gasteiger partial charge in [0.25, 0.3) is 0 Å². The second kappa shape index (κ2) is 5.68. The standard InChI is InChI=1S/C15H11Br2ClO2/c16-8-1-3-10(12(18)5-8)15-7-13(19)11-4-2-9(17)6-14(11)20-15/h1-6,13,15,19H,7H2/t13-,15?/m1/s1. The molecule has 0 saturated heterocycles. The Labute approximate surface area is 139 Å². The molecule has 2 atom stereocenters. The summed E-state index contributed by atoms with van der Waals surface area (Å²) >= 11 is 13.1. The third-order valence-electron chi connectivity index (χ3n) is 3.35. The summed E-state index contributed by atoms with van der Waals surface area (Å²) in [6.45, 7) is 0. The fourth-order valence-electron chi connectivity index (χ4n) is 2.37. The molecule has 104 valence electrons. The van der Waals surface area contributed by atoms with Crippen LogP contribution in [-0.4, -0.2) is 5.11 Å². The smallest absolute Gasteiger partial charge is 0.128 e. The van der Waals surface area contributed by atoms with E-state index in [2.05, 4.69) is 31.9 Å². The number of rotatable bonds is 1. The van der Waals surface area contributed by atoms with Gasteiger partial charge in [-0.1, -0.05) is 55.6 Å². The Balaban J connectivity index is 1.98. The molecule has 0 aromatic heterocycles. The van der Waals surface area contributed by atoms with Crippen LogP contribution in [0.4, 0.5) is 0 Å². The van der Waals surface area contributed by atoms with E-state index in [9.17, 15) is 5.11 Å². The second-order valence-electron chi connectivity index (χ2n) is 4.71. The van der Waals surface area contributed by atoms with E-state index in [0.717, 1.165) is 20.1 Å². The Morgan fingerprint density at radius 3 is 2.40 bits per heavy atom. The minimum atomic E-state index is -0.545. The highest BCUT2D eigenvalue weighted by Crippen LogP contribution is 2.43. The molecular formula is C15H11Br2ClO2. The summed E-state index contributed by atoms with van der Waals surface area (Å²) in [4.78, 5) is 0. The third kappa shape index (κ3) is 2.75. The highest BCUT2D eigenvalue weighted by Gasteiger charge is 2.29. The molecule has 1 aliphatic heterocycles. The van der Waals surface area contributed by atoms with Gasteiger partial charge >= 0.3 is 0 Å². The first-order chi connectivity index (χ1) is 9.54. The topological polar surface area (TPSA) is 29.5 Å². The van der Waals surface area contributed by atoms with Crippen LogP contribution >= 0.6 is 43.5 Å². The fraction of sp³-hybridized carbons (Fsp3) is 0.200. The highest BCUT2D eigenvalue weighted by atomic mass is 79.9. The van der Waals surface area contributed by atoms with Crippen LogP contribution in [0.1, 0.15) is 29.8 Å². The molecular weight excluding hydrogens is 407 g/mol. The van der Waals surface area contributed by atoms with E-state index < -0.39 is 6.10 Å². The van der Waals surface area contributed by atoms with Gasteiger partial charge in [-0.3, -0.25) is 0 Å². The van der Waals surface area contributed by atoms with Crippen molar-refractivity contribution in [3.05, 3.63) is 61.5 Å². The molecule has 20 heavy (non-hydrogen) atoms. The van der Waals surface area contributed by atoms with E-state index in [-0.39, 0.29) is 6.10 Å². The summed E-state index contributed by atoms with van der Waals surface area (Å²) in [5, 5.41) is 10.9. The average molecular weight is 419 g/mol. The van der Waals surface area contributed by atoms with Crippen molar-refractivity contribution in [2.45, 2.75) is 18.6 Å². The number of benzene rings is 2. The molecule has 1 heterocycles. The molecule has 2 nitrogen and oxygen atoms in total. The Kier molecular flexibility index (Phi) is 4.09. The molecule has 1 unspecified atom stereocenters. The lowest BCUT2D eigenvalue weighted by molar-refractivity contribution is 0.0657. The van der Waals surface area contributed by atoms with Crippen molar-refractivity contribution < 1.29 is 9.84 Å². The molecule has 2 aromatic carbocycles. The predicted molar refractivity (Wildman–Crippen MR) is 86.2 cm³/mol. The molecule has 0 fully saturated rings. The Hall–Kier alpha value is -0.550. The van der Waals surface area contributed by atoms with Crippen LogP contribution < -0.4 is 4.74 Å². The minimum absolute atomic E-state index is 0.243. The lowest BCUT2D eigenvalue weighted by Gasteiger charge is -2.30. The second-order valence-corrected chi connectivity index (χ2v) is 6.94. The van der Waals surface area contributed by atoms with Gasteiger partial charge in [-0.25, -0.2) is 0 Å². The molecule has 0 saturated carbocycles. The quantitative estimate of drug-likeness (QED) is 0.670. The van der Waals surface area contributed by atoms with Gasteiger partial charge in [0.2, 0.25) is 0 Å². The predicted octanol–water partition coefficient (Wildman–Crippen LogP) is 5.42. The van der Waals surface area contributed by atoms with Gasteiger partial charge in [0, 0.05) is 31.5 Å². The summed E-state index contributed by atoms with van der Waals surface area (Å²) in [5.41, 5.74) is 1.71. The molecule has 1 aliphatic rings. The summed E-state index contributed by atoms with van der Waals surface area (Å²) < 4.78 is 7.84. The molecule has 2 aromatic rings. The van der Waals surface area contributed by atoms with Crippen LogP contribution in [0.3, 0.4) is 0 Å². The molecule has 1 N–H and O–H groups in total. The lowest BCUT2D eigenvalue weighted by atomic mass is 9.95. The molecule has 0 amide bonds. The molecule has 0 bridgehead atoms. The van der Waals surface area contributed by atoms with Crippen LogP contribution in [0.25, 0.3) is 0 Å². The zero-order valence-corrected chi connectivity index (χ0v) is 14.2. The Morgan fingerprint density at radius 2 is 1.70 bits per heavy atom. The van der Waals surface area contributed by atoms with Crippen LogP contribution in [0.2, 0.25) is 5.02 Å². The van der Waals surface area contributed by atoms with Crippen LogP contribution in [0.5, 0.6) is 5.75 Å². The number of fused-ring (bicyclic) bond motifs is 1. The average Bonchev–Trinajstić information content (AvgIpc) is 2.37. The van der Waals surface area contributed by atoms with Crippen molar-refractivity contribution in [1.82, 2.24) is 0 Å². The molecule has 5 heteroatoms. The molecule has 0 aliphatic carbocycles. The van der Waals surface area contributed by atoms with Crippen LogP contribution in [0, 0.1) is 0 Å². The number of aliphatic hydroxyl groups excluding tert-OH is 1. The van der Waals surface area contributed by atoms with Gasteiger partial charge in [-0.05, 0) is 24.3 Å². The monoisotopic (exact) mass is 416 g/mol. The first-order valence-electron chi connectivity index (χ1n) is 6.13. The molecule has 3 rings (SSSR count). The van der Waals surface area contributed by atoms with Crippen LogP contribution in [-0.2, 0) is 0 Å². The van der Waals surface area contributed by atoms with Gasteiger partial charge in [-0.2, -0.15) is 0 Å². The summed E-state index contributed by atoms with van der Waals surface area (Å²) in [6, 6.07) is 11.3. The normalized spacial score (nSPS) is 21.2. The Bertz CT molecular complexity index is 660. The van der Waals surface area contributed by atoms with E-state index in [1.165, 1.54) is 0 Å². The maximum Gasteiger partial charge on any atom is 0.128 e. The maximum atomic E-state index is 10.3. The third-order valence-corrected chi connectivity index (χ3v) is 4.66. The molecule has 0 radical (unpaired) electrons. The van der Waals surface area contributed by atoms with E-state index >= 15 is 0 Å². The summed E-state index contributed by atoms with van der Waals surface area (Å²) in [6.07, 6.45) is -0.292. The van der Waals surface area contributed by atoms with E-state index in [4.69, 9.17) is 16.3 Å². The van der Waals surface area contributed by atoms with E-state index in [1.54, 1.807) is 0 Å². The first kappa shape index (κ1) is 14.4. The number of hydrogen-bond donors (Lipinski definition) is 1. The molecule has 0 spiro atoms. The lowest BCUT2D eigenvalue weighted by Crippen LogP contribution is -2.19. The zero-order valence-electron chi connectivity index (χ0n) is 10.3. The van der Waals surface area contributed by atoms with Gasteiger partial charge in [-0.15, -0.1) is 0 Å². The first-order valence-corrected chi connectivity index (χ1v) is 8.10. The van der Waals surface area contributed by atoms with Crippen LogP contribution in [0.15, 0.2) is 45.3 Å². The van der Waals surface area contributed by atoms with Crippen molar-refractivity contribution in [2.75, 3.05) is 0 Å². The Morgan fingerprint density at radius 1 is 1.05 bits per heavy atom.